The van der Waals surface area contributed by atoms with E-state index in [2.05, 4.69) is 0 Å². The van der Waals surface area contributed by atoms with Gasteiger partial charge in [0.05, 0.1) is 9.82 Å². The van der Waals surface area contributed by atoms with Gasteiger partial charge in [0.2, 0.25) is 0 Å². The SMILES string of the molecule is Cc1c([N+](=O)[O-])cc(C(F)F)cc1S(=O)(=O)Cl. The summed E-state index contributed by atoms with van der Waals surface area (Å²) in [5, 5.41) is 10.6. The zero-order valence-corrected chi connectivity index (χ0v) is 9.93. The van der Waals surface area contributed by atoms with Gasteiger partial charge in [-0.25, -0.2) is 17.2 Å². The molecule has 17 heavy (non-hydrogen) atoms. The van der Waals surface area contributed by atoms with Gasteiger partial charge in [-0.15, -0.1) is 0 Å². The number of rotatable bonds is 3. The Morgan fingerprint density at radius 3 is 2.29 bits per heavy atom. The molecule has 0 radical (unpaired) electrons. The molecule has 94 valence electrons. The molecular formula is C8H6ClF2NO4S. The Labute approximate surface area is 99.6 Å². The minimum atomic E-state index is -4.31. The Morgan fingerprint density at radius 2 is 1.94 bits per heavy atom. The maximum atomic E-state index is 12.4. The summed E-state index contributed by atoms with van der Waals surface area (Å²) in [6, 6.07) is 1.26. The number of alkyl halides is 2. The quantitative estimate of drug-likeness (QED) is 0.486. The highest BCUT2D eigenvalue weighted by molar-refractivity contribution is 8.13. The van der Waals surface area contributed by atoms with Crippen molar-refractivity contribution >= 4 is 25.4 Å². The highest BCUT2D eigenvalue weighted by Gasteiger charge is 2.25. The molecule has 1 rings (SSSR count). The standard InChI is InChI=1S/C8H6ClF2NO4S/c1-4-6(12(13)14)2-5(8(10)11)3-7(4)17(9,15)16/h2-3,8H,1H3. The molecule has 1 aromatic carbocycles. The Kier molecular flexibility index (Phi) is 3.68. The van der Waals surface area contributed by atoms with Gasteiger partial charge in [-0.3, -0.25) is 10.1 Å². The number of nitro groups is 1. The van der Waals surface area contributed by atoms with E-state index >= 15 is 0 Å². The fourth-order valence-electron chi connectivity index (χ4n) is 1.26. The first-order valence-corrected chi connectivity index (χ1v) is 6.47. The van der Waals surface area contributed by atoms with Crippen LogP contribution in [0.2, 0.25) is 0 Å². The van der Waals surface area contributed by atoms with Gasteiger partial charge in [0, 0.05) is 27.9 Å². The molecule has 0 heterocycles. The van der Waals surface area contributed by atoms with Gasteiger partial charge in [0.15, 0.2) is 0 Å². The summed E-state index contributed by atoms with van der Waals surface area (Å²) >= 11 is 0. The lowest BCUT2D eigenvalue weighted by Gasteiger charge is -2.06. The van der Waals surface area contributed by atoms with Gasteiger partial charge >= 0.3 is 0 Å². The van der Waals surface area contributed by atoms with Gasteiger partial charge in [-0.1, -0.05) is 0 Å². The molecule has 0 aromatic heterocycles. The van der Waals surface area contributed by atoms with E-state index in [-0.39, 0.29) is 5.56 Å². The molecule has 0 N–H and O–H groups in total. The molecule has 5 nitrogen and oxygen atoms in total. The van der Waals surface area contributed by atoms with E-state index in [1.807, 2.05) is 0 Å². The second-order valence-electron chi connectivity index (χ2n) is 3.16. The molecule has 0 atom stereocenters. The number of benzene rings is 1. The highest BCUT2D eigenvalue weighted by Crippen LogP contribution is 2.32. The number of nitrogens with zero attached hydrogens (tertiary/aromatic N) is 1. The molecule has 0 fully saturated rings. The maximum Gasteiger partial charge on any atom is 0.274 e. The van der Waals surface area contributed by atoms with E-state index < -0.39 is 36.5 Å². The second kappa shape index (κ2) is 4.53. The molecule has 0 spiro atoms. The summed E-state index contributed by atoms with van der Waals surface area (Å²) in [6.07, 6.45) is -3.02. The number of nitro benzene ring substituents is 1. The first-order valence-electron chi connectivity index (χ1n) is 4.16. The van der Waals surface area contributed by atoms with Crippen molar-refractivity contribution in [2.75, 3.05) is 0 Å². The molecule has 0 saturated heterocycles. The van der Waals surface area contributed by atoms with E-state index in [1.165, 1.54) is 0 Å². The molecule has 0 saturated carbocycles. The number of hydrogen-bond donors (Lipinski definition) is 0. The third-order valence-electron chi connectivity index (χ3n) is 2.07. The van der Waals surface area contributed by atoms with Gasteiger partial charge < -0.3 is 0 Å². The Bertz CT molecular complexity index is 573. The molecule has 9 heteroatoms. The molecule has 0 bridgehead atoms. The van der Waals surface area contributed by atoms with Gasteiger partial charge in [0.1, 0.15) is 0 Å². The van der Waals surface area contributed by atoms with Crippen LogP contribution >= 0.6 is 10.7 Å². The Balaban J connectivity index is 3.67. The van der Waals surface area contributed by atoms with Crippen molar-refractivity contribution in [2.24, 2.45) is 0 Å². The van der Waals surface area contributed by atoms with Crippen LogP contribution in [0.5, 0.6) is 0 Å². The minimum absolute atomic E-state index is 0.269. The minimum Gasteiger partial charge on any atom is -0.258 e. The predicted molar refractivity (Wildman–Crippen MR) is 55.8 cm³/mol. The highest BCUT2D eigenvalue weighted by atomic mass is 35.7. The summed E-state index contributed by atoms with van der Waals surface area (Å²) in [5.74, 6) is 0. The molecule has 0 unspecified atom stereocenters. The third-order valence-corrected chi connectivity index (χ3v) is 3.51. The first kappa shape index (κ1) is 13.8. The lowest BCUT2D eigenvalue weighted by atomic mass is 10.1. The third kappa shape index (κ3) is 2.89. The lowest BCUT2D eigenvalue weighted by Crippen LogP contribution is -2.02. The second-order valence-corrected chi connectivity index (χ2v) is 5.69. The maximum absolute atomic E-state index is 12.4. The zero-order valence-electron chi connectivity index (χ0n) is 8.35. The van der Waals surface area contributed by atoms with Crippen LogP contribution in [-0.4, -0.2) is 13.3 Å². The molecular weight excluding hydrogens is 280 g/mol. The van der Waals surface area contributed by atoms with Gasteiger partial charge in [-0.2, -0.15) is 0 Å². The average Bonchev–Trinajstić information content (AvgIpc) is 2.15. The van der Waals surface area contributed by atoms with Gasteiger partial charge in [0.25, 0.3) is 21.2 Å². The molecule has 0 aliphatic rings. The lowest BCUT2D eigenvalue weighted by molar-refractivity contribution is -0.385. The molecule has 0 amide bonds. The molecule has 0 aliphatic carbocycles. The summed E-state index contributed by atoms with van der Waals surface area (Å²) in [4.78, 5) is 8.98. The van der Waals surface area contributed by atoms with Crippen LogP contribution in [0.15, 0.2) is 17.0 Å². The van der Waals surface area contributed by atoms with Crippen LogP contribution < -0.4 is 0 Å². The van der Waals surface area contributed by atoms with E-state index in [4.69, 9.17) is 10.7 Å². The van der Waals surface area contributed by atoms with Crippen LogP contribution in [-0.2, 0) is 9.05 Å². The van der Waals surface area contributed by atoms with Crippen LogP contribution in [0, 0.1) is 17.0 Å². The number of hydrogen-bond acceptors (Lipinski definition) is 4. The summed E-state index contributed by atoms with van der Waals surface area (Å²) in [7, 11) is 0.711. The van der Waals surface area contributed by atoms with Crippen LogP contribution in [0.1, 0.15) is 17.6 Å². The normalized spacial score (nSPS) is 11.8. The van der Waals surface area contributed by atoms with Crippen molar-refractivity contribution < 1.29 is 22.1 Å². The van der Waals surface area contributed by atoms with Crippen molar-refractivity contribution in [3.63, 3.8) is 0 Å². The topological polar surface area (TPSA) is 77.3 Å². The fourth-order valence-corrected chi connectivity index (χ4v) is 2.49. The summed E-state index contributed by atoms with van der Waals surface area (Å²) < 4.78 is 47.1. The largest absolute Gasteiger partial charge is 0.274 e. The van der Waals surface area contributed by atoms with E-state index in [0.29, 0.717) is 12.1 Å². The first-order chi connectivity index (χ1) is 7.64. The smallest absolute Gasteiger partial charge is 0.258 e. The van der Waals surface area contributed by atoms with Gasteiger partial charge in [-0.05, 0) is 13.0 Å². The molecule has 0 aliphatic heterocycles. The Morgan fingerprint density at radius 1 is 1.41 bits per heavy atom. The summed E-state index contributed by atoms with van der Waals surface area (Å²) in [5.41, 5.74) is -1.74. The van der Waals surface area contributed by atoms with Crippen molar-refractivity contribution in [1.29, 1.82) is 0 Å². The van der Waals surface area contributed by atoms with E-state index in [0.717, 1.165) is 6.92 Å². The van der Waals surface area contributed by atoms with Crippen molar-refractivity contribution in [3.05, 3.63) is 33.4 Å². The fraction of sp³-hybridized carbons (Fsp3) is 0.250. The van der Waals surface area contributed by atoms with Crippen molar-refractivity contribution in [3.8, 4) is 0 Å². The van der Waals surface area contributed by atoms with Crippen molar-refractivity contribution in [2.45, 2.75) is 18.2 Å². The zero-order chi connectivity index (χ0) is 13.4. The summed E-state index contributed by atoms with van der Waals surface area (Å²) in [6.45, 7) is 1.13. The van der Waals surface area contributed by atoms with Crippen LogP contribution in [0.3, 0.4) is 0 Å². The number of halogens is 3. The average molecular weight is 286 g/mol. The van der Waals surface area contributed by atoms with Crippen LogP contribution in [0.25, 0.3) is 0 Å². The molecule has 1 aromatic rings. The van der Waals surface area contributed by atoms with Crippen molar-refractivity contribution in [1.82, 2.24) is 0 Å². The predicted octanol–water partition coefficient (Wildman–Crippen LogP) is 2.77. The monoisotopic (exact) mass is 285 g/mol. The van der Waals surface area contributed by atoms with E-state index in [1.54, 1.807) is 0 Å². The van der Waals surface area contributed by atoms with Crippen LogP contribution in [0.4, 0.5) is 14.5 Å². The van der Waals surface area contributed by atoms with E-state index in [9.17, 15) is 27.3 Å². The Hall–Kier alpha value is -1.28.